The van der Waals surface area contributed by atoms with Crippen molar-refractivity contribution in [3.05, 3.63) is 51.3 Å². The van der Waals surface area contributed by atoms with Gasteiger partial charge in [-0.3, -0.25) is 4.79 Å². The van der Waals surface area contributed by atoms with Gasteiger partial charge in [-0.15, -0.1) is 0 Å². The van der Waals surface area contributed by atoms with Crippen molar-refractivity contribution in [2.24, 2.45) is 0 Å². The summed E-state index contributed by atoms with van der Waals surface area (Å²) in [5, 5.41) is 3.26. The van der Waals surface area contributed by atoms with E-state index in [1.807, 2.05) is 26.0 Å². The number of aryl methyl sites for hydroxylation is 1. The van der Waals surface area contributed by atoms with Gasteiger partial charge in [0.2, 0.25) is 0 Å². The van der Waals surface area contributed by atoms with Gasteiger partial charge >= 0.3 is 0 Å². The van der Waals surface area contributed by atoms with E-state index in [0.29, 0.717) is 16.5 Å². The number of benzene rings is 1. The van der Waals surface area contributed by atoms with Crippen LogP contribution >= 0.6 is 27.5 Å². The summed E-state index contributed by atoms with van der Waals surface area (Å²) in [6.07, 6.45) is 1.57. The zero-order valence-corrected chi connectivity index (χ0v) is 14.0. The molecule has 1 N–H and O–H groups in total. The lowest BCUT2D eigenvalue weighted by molar-refractivity contribution is -0.123. The summed E-state index contributed by atoms with van der Waals surface area (Å²) in [5.74, 6) is 0.971. The summed E-state index contributed by atoms with van der Waals surface area (Å²) in [7, 11) is 0. The number of carbonyl (C=O) groups excluding carboxylic acids is 1. The molecule has 0 saturated heterocycles. The Labute approximate surface area is 136 Å². The van der Waals surface area contributed by atoms with Crippen molar-refractivity contribution >= 4 is 33.4 Å². The Balaban J connectivity index is 1.93. The highest BCUT2D eigenvalue weighted by Gasteiger charge is 2.14. The van der Waals surface area contributed by atoms with Gasteiger partial charge in [0, 0.05) is 4.47 Å². The molecule has 1 amide bonds. The van der Waals surface area contributed by atoms with E-state index in [0.717, 1.165) is 10.0 Å². The third-order valence-corrected chi connectivity index (χ3v) is 3.63. The predicted molar refractivity (Wildman–Crippen MR) is 84.6 cm³/mol. The zero-order chi connectivity index (χ0) is 15.4. The molecular formula is C15H15BrClNO3. The Hall–Kier alpha value is -1.46. The topological polar surface area (TPSA) is 51.5 Å². The molecule has 2 aromatic rings. The van der Waals surface area contributed by atoms with Gasteiger partial charge in [0.1, 0.15) is 11.5 Å². The minimum atomic E-state index is -0.239. The molecule has 1 aromatic heterocycles. The van der Waals surface area contributed by atoms with Crippen LogP contribution < -0.4 is 10.1 Å². The summed E-state index contributed by atoms with van der Waals surface area (Å²) in [5.41, 5.74) is 0.862. The monoisotopic (exact) mass is 371 g/mol. The largest absolute Gasteiger partial charge is 0.482 e. The zero-order valence-electron chi connectivity index (χ0n) is 11.7. The predicted octanol–water partition coefficient (Wildman–Crippen LogP) is 4.26. The fraction of sp³-hybridized carbons (Fsp3) is 0.267. The molecule has 21 heavy (non-hydrogen) atoms. The molecule has 112 valence electrons. The average Bonchev–Trinajstić information content (AvgIpc) is 2.91. The first kappa shape index (κ1) is 15.9. The van der Waals surface area contributed by atoms with Gasteiger partial charge in [-0.2, -0.15) is 0 Å². The fourth-order valence-electron chi connectivity index (χ4n) is 1.90. The van der Waals surface area contributed by atoms with Crippen LogP contribution in [0.4, 0.5) is 0 Å². The molecule has 0 spiro atoms. The minimum absolute atomic E-state index is 0.104. The molecule has 0 aliphatic rings. The highest BCUT2D eigenvalue weighted by molar-refractivity contribution is 9.10. The Morgan fingerprint density at radius 2 is 2.29 bits per heavy atom. The number of carbonyl (C=O) groups is 1. The van der Waals surface area contributed by atoms with Crippen LogP contribution in [0.2, 0.25) is 5.02 Å². The van der Waals surface area contributed by atoms with E-state index in [4.69, 9.17) is 20.8 Å². The fourth-order valence-corrected chi connectivity index (χ4v) is 2.93. The molecule has 0 unspecified atom stereocenters. The third kappa shape index (κ3) is 4.25. The van der Waals surface area contributed by atoms with Gasteiger partial charge in [0.15, 0.2) is 6.61 Å². The van der Waals surface area contributed by atoms with E-state index >= 15 is 0 Å². The third-order valence-electron chi connectivity index (χ3n) is 2.89. The molecule has 0 radical (unpaired) electrons. The number of hydrogen-bond acceptors (Lipinski definition) is 3. The van der Waals surface area contributed by atoms with Gasteiger partial charge < -0.3 is 14.5 Å². The molecule has 0 fully saturated rings. The van der Waals surface area contributed by atoms with Crippen LogP contribution in [-0.4, -0.2) is 12.5 Å². The van der Waals surface area contributed by atoms with E-state index in [2.05, 4.69) is 21.2 Å². The lowest BCUT2D eigenvalue weighted by Crippen LogP contribution is -2.31. The Morgan fingerprint density at radius 3 is 2.90 bits per heavy atom. The van der Waals surface area contributed by atoms with Gasteiger partial charge in [0.25, 0.3) is 5.91 Å². The van der Waals surface area contributed by atoms with Crippen LogP contribution in [0.25, 0.3) is 0 Å². The molecule has 6 heteroatoms. The first-order valence-corrected chi connectivity index (χ1v) is 7.55. The molecule has 0 aliphatic carbocycles. The first-order valence-electron chi connectivity index (χ1n) is 6.38. The van der Waals surface area contributed by atoms with E-state index in [1.54, 1.807) is 18.4 Å². The smallest absolute Gasteiger partial charge is 0.258 e. The van der Waals surface area contributed by atoms with Crippen molar-refractivity contribution < 1.29 is 13.9 Å². The summed E-state index contributed by atoms with van der Waals surface area (Å²) in [6, 6.07) is 6.98. The van der Waals surface area contributed by atoms with Gasteiger partial charge in [-0.05, 0) is 43.7 Å². The number of ether oxygens (including phenoxy) is 1. The van der Waals surface area contributed by atoms with Crippen molar-refractivity contribution in [3.63, 3.8) is 0 Å². The molecular weight excluding hydrogens is 358 g/mol. The Bertz CT molecular complexity index is 605. The first-order chi connectivity index (χ1) is 9.97. The van der Waals surface area contributed by atoms with Crippen LogP contribution in [0.3, 0.4) is 0 Å². The normalized spacial score (nSPS) is 12.0. The van der Waals surface area contributed by atoms with E-state index < -0.39 is 0 Å². The van der Waals surface area contributed by atoms with Crippen molar-refractivity contribution in [1.82, 2.24) is 5.32 Å². The molecule has 0 aliphatic heterocycles. The SMILES string of the molecule is Cc1cc(Br)cc(Cl)c1OCC(=O)N[C@@H](C)c1ccco1. The maximum absolute atomic E-state index is 11.9. The van der Waals surface area contributed by atoms with Crippen molar-refractivity contribution in [2.75, 3.05) is 6.61 Å². The second kappa shape index (κ2) is 7.00. The summed E-state index contributed by atoms with van der Waals surface area (Å²) in [6.45, 7) is 3.61. The van der Waals surface area contributed by atoms with Gasteiger partial charge in [0.05, 0.1) is 17.3 Å². The molecule has 4 nitrogen and oxygen atoms in total. The minimum Gasteiger partial charge on any atom is -0.482 e. The summed E-state index contributed by atoms with van der Waals surface area (Å²) >= 11 is 9.46. The molecule has 0 bridgehead atoms. The van der Waals surface area contributed by atoms with Crippen molar-refractivity contribution in [2.45, 2.75) is 19.9 Å². The Kier molecular flexibility index (Phi) is 5.31. The Morgan fingerprint density at radius 1 is 1.52 bits per heavy atom. The number of amides is 1. The molecule has 2 rings (SSSR count). The van der Waals surface area contributed by atoms with E-state index in [9.17, 15) is 4.79 Å². The lowest BCUT2D eigenvalue weighted by Gasteiger charge is -2.14. The van der Waals surface area contributed by atoms with Crippen LogP contribution in [0, 0.1) is 6.92 Å². The van der Waals surface area contributed by atoms with Gasteiger partial charge in [-0.1, -0.05) is 27.5 Å². The average molecular weight is 373 g/mol. The molecule has 1 aromatic carbocycles. The van der Waals surface area contributed by atoms with E-state index in [1.165, 1.54) is 0 Å². The highest BCUT2D eigenvalue weighted by Crippen LogP contribution is 2.31. The second-order valence-corrected chi connectivity index (χ2v) is 5.95. The van der Waals surface area contributed by atoms with Crippen LogP contribution in [0.15, 0.2) is 39.4 Å². The number of furan rings is 1. The highest BCUT2D eigenvalue weighted by atomic mass is 79.9. The van der Waals surface area contributed by atoms with Crippen LogP contribution in [-0.2, 0) is 4.79 Å². The molecule has 1 heterocycles. The lowest BCUT2D eigenvalue weighted by atomic mass is 10.2. The van der Waals surface area contributed by atoms with E-state index in [-0.39, 0.29) is 18.6 Å². The number of rotatable bonds is 5. The number of nitrogens with one attached hydrogen (secondary N) is 1. The second-order valence-electron chi connectivity index (χ2n) is 4.63. The van der Waals surface area contributed by atoms with Crippen LogP contribution in [0.1, 0.15) is 24.3 Å². The standard InChI is InChI=1S/C15H15BrClNO3/c1-9-6-11(16)7-12(17)15(9)21-8-14(19)18-10(2)13-4-3-5-20-13/h3-7,10H,8H2,1-2H3,(H,18,19)/t10-/m0/s1. The summed E-state index contributed by atoms with van der Waals surface area (Å²) < 4.78 is 11.6. The number of halogens is 2. The van der Waals surface area contributed by atoms with Gasteiger partial charge in [-0.25, -0.2) is 0 Å². The summed E-state index contributed by atoms with van der Waals surface area (Å²) in [4.78, 5) is 11.9. The molecule has 1 atom stereocenters. The van der Waals surface area contributed by atoms with Crippen molar-refractivity contribution in [3.8, 4) is 5.75 Å². The number of hydrogen-bond donors (Lipinski definition) is 1. The quantitative estimate of drug-likeness (QED) is 0.853. The molecule has 0 saturated carbocycles. The maximum atomic E-state index is 11.9. The van der Waals surface area contributed by atoms with Crippen molar-refractivity contribution in [1.29, 1.82) is 0 Å². The maximum Gasteiger partial charge on any atom is 0.258 e. The van der Waals surface area contributed by atoms with Crippen LogP contribution in [0.5, 0.6) is 5.75 Å².